The molecule has 1 atom stereocenters. The molecule has 0 bridgehead atoms. The Morgan fingerprint density at radius 1 is 1.13 bits per heavy atom. The van der Waals surface area contributed by atoms with Crippen molar-refractivity contribution in [3.05, 3.63) is 116 Å². The van der Waals surface area contributed by atoms with Gasteiger partial charge >= 0.3 is 0 Å². The molecule has 0 aliphatic rings. The van der Waals surface area contributed by atoms with Gasteiger partial charge in [0.25, 0.3) is 5.91 Å². The molecular weight excluding hydrogens is 493 g/mol. The van der Waals surface area contributed by atoms with E-state index in [4.69, 9.17) is 10.2 Å². The fourth-order valence-electron chi connectivity index (χ4n) is 4.74. The molecule has 1 aromatic heterocycles. The molecule has 1 heterocycles. The minimum absolute atomic E-state index is 0.0736. The Morgan fingerprint density at radius 2 is 1.90 bits per heavy atom. The lowest BCUT2D eigenvalue weighted by Gasteiger charge is -2.26. The van der Waals surface area contributed by atoms with E-state index in [1.54, 1.807) is 23.1 Å². The quantitative estimate of drug-likeness (QED) is 0.300. The van der Waals surface area contributed by atoms with Gasteiger partial charge in [-0.2, -0.15) is 5.26 Å². The fraction of sp³-hybridized carbons (Fsp3) is 0.281. The minimum Gasteiger partial charge on any atom is -0.460 e. The highest BCUT2D eigenvalue weighted by Crippen LogP contribution is 2.23. The molecule has 6 nitrogen and oxygen atoms in total. The van der Waals surface area contributed by atoms with Gasteiger partial charge in [-0.15, -0.1) is 0 Å². The number of hydrogen-bond acceptors (Lipinski definition) is 5. The van der Waals surface area contributed by atoms with Gasteiger partial charge in [-0.1, -0.05) is 36.8 Å². The average molecular weight is 526 g/mol. The molecule has 4 aromatic rings. The SMILES string of the molecule is Cc1ccc(C(=O)N(CCCN)CC(C)Cc2oc3cc(F)ccc3c(=O)c2Cc2cccc(C#N)c2)cc1. The van der Waals surface area contributed by atoms with Crippen LogP contribution in [0.1, 0.15) is 51.7 Å². The van der Waals surface area contributed by atoms with E-state index in [1.807, 2.05) is 44.2 Å². The number of carbonyl (C=O) groups excluding carboxylic acids is 1. The van der Waals surface area contributed by atoms with Gasteiger partial charge in [-0.05, 0) is 67.8 Å². The van der Waals surface area contributed by atoms with Crippen LogP contribution in [0.3, 0.4) is 0 Å². The molecule has 4 rings (SSSR count). The molecule has 1 amide bonds. The van der Waals surface area contributed by atoms with E-state index in [9.17, 15) is 19.2 Å². The minimum atomic E-state index is -0.490. The molecule has 0 radical (unpaired) electrons. The molecule has 0 aliphatic heterocycles. The number of nitrogens with zero attached hydrogens (tertiary/aromatic N) is 2. The van der Waals surface area contributed by atoms with E-state index in [1.165, 1.54) is 18.2 Å². The summed E-state index contributed by atoms with van der Waals surface area (Å²) in [6.07, 6.45) is 1.30. The number of nitrogens with two attached hydrogens (primary N) is 1. The molecular formula is C32H32FN3O3. The highest BCUT2D eigenvalue weighted by Gasteiger charge is 2.22. The third-order valence-corrected chi connectivity index (χ3v) is 6.75. The van der Waals surface area contributed by atoms with Crippen molar-refractivity contribution < 1.29 is 13.6 Å². The summed E-state index contributed by atoms with van der Waals surface area (Å²) < 4.78 is 20.2. The van der Waals surface area contributed by atoms with Crippen LogP contribution in [0.5, 0.6) is 0 Å². The predicted molar refractivity (Wildman–Crippen MR) is 150 cm³/mol. The van der Waals surface area contributed by atoms with E-state index in [0.29, 0.717) is 60.3 Å². The van der Waals surface area contributed by atoms with Crippen LogP contribution in [0.25, 0.3) is 11.0 Å². The number of aryl methyl sites for hydroxylation is 1. The zero-order chi connectivity index (χ0) is 27.9. The normalized spacial score (nSPS) is 11.8. The molecule has 200 valence electrons. The van der Waals surface area contributed by atoms with E-state index >= 15 is 0 Å². The van der Waals surface area contributed by atoms with Crippen LogP contribution in [0, 0.1) is 30.0 Å². The van der Waals surface area contributed by atoms with Crippen LogP contribution in [0.15, 0.2) is 75.9 Å². The largest absolute Gasteiger partial charge is 0.460 e. The number of halogens is 1. The van der Waals surface area contributed by atoms with Crippen molar-refractivity contribution in [2.75, 3.05) is 19.6 Å². The fourth-order valence-corrected chi connectivity index (χ4v) is 4.74. The third-order valence-electron chi connectivity index (χ3n) is 6.75. The molecule has 0 spiro atoms. The van der Waals surface area contributed by atoms with Crippen molar-refractivity contribution in [2.24, 2.45) is 11.7 Å². The molecule has 0 saturated carbocycles. The van der Waals surface area contributed by atoms with Crippen LogP contribution >= 0.6 is 0 Å². The van der Waals surface area contributed by atoms with Gasteiger partial charge in [-0.25, -0.2) is 4.39 Å². The van der Waals surface area contributed by atoms with Gasteiger partial charge in [-0.3, -0.25) is 9.59 Å². The second kappa shape index (κ2) is 12.5. The van der Waals surface area contributed by atoms with Gasteiger partial charge in [0.1, 0.15) is 17.2 Å². The van der Waals surface area contributed by atoms with Crippen LogP contribution in [-0.4, -0.2) is 30.4 Å². The highest BCUT2D eigenvalue weighted by molar-refractivity contribution is 5.94. The highest BCUT2D eigenvalue weighted by atomic mass is 19.1. The number of hydrogen-bond donors (Lipinski definition) is 1. The van der Waals surface area contributed by atoms with Crippen molar-refractivity contribution in [3.63, 3.8) is 0 Å². The van der Waals surface area contributed by atoms with E-state index in [0.717, 1.165) is 11.1 Å². The maximum atomic E-state index is 14.0. The van der Waals surface area contributed by atoms with E-state index in [-0.39, 0.29) is 29.3 Å². The molecule has 1 unspecified atom stereocenters. The Hall–Kier alpha value is -4.28. The Bertz CT molecular complexity index is 1570. The first kappa shape index (κ1) is 27.7. The standard InChI is InChI=1S/C32H32FN3O3/c1-21-7-9-25(10-8-21)32(38)36(14-4-13-34)20-22(2)15-29-28(17-23-5-3-6-24(16-23)19-35)31(37)27-12-11-26(33)18-30(27)39-29/h3,5-12,16,18,22H,4,13-15,17,20,34H2,1-2H3. The monoisotopic (exact) mass is 525 g/mol. The number of carbonyl (C=O) groups is 1. The first-order chi connectivity index (χ1) is 18.8. The van der Waals surface area contributed by atoms with Crippen molar-refractivity contribution in [3.8, 4) is 6.07 Å². The zero-order valence-corrected chi connectivity index (χ0v) is 22.2. The Labute approximate surface area is 227 Å². The summed E-state index contributed by atoms with van der Waals surface area (Å²) in [5.74, 6) is -0.188. The molecule has 3 aromatic carbocycles. The summed E-state index contributed by atoms with van der Waals surface area (Å²) in [6.45, 7) is 5.37. The third kappa shape index (κ3) is 6.78. The van der Waals surface area contributed by atoms with Gasteiger partial charge in [0.2, 0.25) is 0 Å². The first-order valence-corrected chi connectivity index (χ1v) is 13.1. The molecule has 39 heavy (non-hydrogen) atoms. The topological polar surface area (TPSA) is 100 Å². The zero-order valence-electron chi connectivity index (χ0n) is 22.2. The van der Waals surface area contributed by atoms with Crippen LogP contribution in [-0.2, 0) is 12.8 Å². The number of fused-ring (bicyclic) bond motifs is 1. The van der Waals surface area contributed by atoms with Gasteiger partial charge in [0.05, 0.1) is 17.0 Å². The first-order valence-electron chi connectivity index (χ1n) is 13.1. The second-order valence-corrected chi connectivity index (χ2v) is 10.0. The number of amides is 1. The van der Waals surface area contributed by atoms with Gasteiger partial charge in [0, 0.05) is 43.1 Å². The Balaban J connectivity index is 1.66. The van der Waals surface area contributed by atoms with Crippen LogP contribution in [0.2, 0.25) is 0 Å². The van der Waals surface area contributed by atoms with Crippen molar-refractivity contribution in [2.45, 2.75) is 33.1 Å². The Morgan fingerprint density at radius 3 is 2.62 bits per heavy atom. The summed E-state index contributed by atoms with van der Waals surface area (Å²) >= 11 is 0. The van der Waals surface area contributed by atoms with Crippen molar-refractivity contribution in [1.29, 1.82) is 5.26 Å². The summed E-state index contributed by atoms with van der Waals surface area (Å²) in [5, 5.41) is 9.61. The van der Waals surface area contributed by atoms with E-state index in [2.05, 4.69) is 6.07 Å². The summed E-state index contributed by atoms with van der Waals surface area (Å²) in [6, 6.07) is 20.6. The van der Waals surface area contributed by atoms with Gasteiger partial charge in [0.15, 0.2) is 5.43 Å². The van der Waals surface area contributed by atoms with Crippen molar-refractivity contribution in [1.82, 2.24) is 4.90 Å². The molecule has 0 aliphatic carbocycles. The number of nitriles is 1. The molecule has 2 N–H and O–H groups in total. The van der Waals surface area contributed by atoms with E-state index < -0.39 is 5.82 Å². The summed E-state index contributed by atoms with van der Waals surface area (Å²) in [5.41, 5.74) is 9.16. The molecule has 7 heteroatoms. The maximum absolute atomic E-state index is 14.0. The second-order valence-electron chi connectivity index (χ2n) is 10.0. The lowest BCUT2D eigenvalue weighted by Crippen LogP contribution is -2.37. The lowest BCUT2D eigenvalue weighted by molar-refractivity contribution is 0.0729. The van der Waals surface area contributed by atoms with Gasteiger partial charge < -0.3 is 15.1 Å². The van der Waals surface area contributed by atoms with Crippen molar-refractivity contribution >= 4 is 16.9 Å². The average Bonchev–Trinajstić information content (AvgIpc) is 2.93. The Kier molecular flexibility index (Phi) is 8.90. The lowest BCUT2D eigenvalue weighted by atomic mass is 9.95. The number of benzene rings is 3. The van der Waals surface area contributed by atoms with Crippen LogP contribution in [0.4, 0.5) is 4.39 Å². The van der Waals surface area contributed by atoms with Crippen LogP contribution < -0.4 is 11.2 Å². The summed E-state index contributed by atoms with van der Waals surface area (Å²) in [7, 11) is 0. The molecule has 0 fully saturated rings. The maximum Gasteiger partial charge on any atom is 0.253 e. The smallest absolute Gasteiger partial charge is 0.253 e. The predicted octanol–water partition coefficient (Wildman–Crippen LogP) is 5.37. The molecule has 0 saturated heterocycles. The number of rotatable bonds is 10. The summed E-state index contributed by atoms with van der Waals surface area (Å²) in [4.78, 5) is 28.7.